The third-order valence-corrected chi connectivity index (χ3v) is 4.45. The number of hydrogen-bond acceptors (Lipinski definition) is 4. The van der Waals surface area contributed by atoms with E-state index >= 15 is 0 Å². The predicted octanol–water partition coefficient (Wildman–Crippen LogP) is 4.39. The molecule has 5 nitrogen and oxygen atoms in total. The summed E-state index contributed by atoms with van der Waals surface area (Å²) < 4.78 is 0.915. The number of carbonyl (C=O) groups is 1. The van der Waals surface area contributed by atoms with Crippen LogP contribution in [0, 0.1) is 0 Å². The van der Waals surface area contributed by atoms with Crippen molar-refractivity contribution < 1.29 is 4.79 Å². The molecule has 2 N–H and O–H groups in total. The number of rotatable bonds is 5. The summed E-state index contributed by atoms with van der Waals surface area (Å²) in [5.74, 6) is 0. The van der Waals surface area contributed by atoms with Gasteiger partial charge in [-0.25, -0.2) is 9.78 Å². The fraction of sp³-hybridized carbons (Fsp3) is 0.333. The van der Waals surface area contributed by atoms with Crippen molar-refractivity contribution in [3.05, 3.63) is 39.8 Å². The maximum atomic E-state index is 12.0. The van der Waals surface area contributed by atoms with Crippen LogP contribution >= 0.6 is 27.3 Å². The van der Waals surface area contributed by atoms with Crippen molar-refractivity contribution in [2.24, 2.45) is 0 Å². The van der Waals surface area contributed by atoms with Gasteiger partial charge in [0.15, 0.2) is 5.13 Å². The van der Waals surface area contributed by atoms with Gasteiger partial charge in [-0.1, -0.05) is 22.0 Å². The fourth-order valence-electron chi connectivity index (χ4n) is 1.70. The van der Waals surface area contributed by atoms with Crippen LogP contribution in [0.25, 0.3) is 0 Å². The molecular formula is C15H19BrN4OS. The Balaban J connectivity index is 1.91. The lowest BCUT2D eigenvalue weighted by Crippen LogP contribution is -2.25. The Labute approximate surface area is 142 Å². The summed E-state index contributed by atoms with van der Waals surface area (Å²) in [5, 5.41) is 8.09. The first-order valence-corrected chi connectivity index (χ1v) is 8.59. The first-order chi connectivity index (χ1) is 10.4. The Bertz CT molecular complexity index is 644. The fourth-order valence-corrected chi connectivity index (χ4v) is 2.80. The van der Waals surface area contributed by atoms with Crippen LogP contribution in [0.5, 0.6) is 0 Å². The Morgan fingerprint density at radius 1 is 1.41 bits per heavy atom. The minimum Gasteiger partial charge on any atom is -0.308 e. The highest BCUT2D eigenvalue weighted by molar-refractivity contribution is 9.10. The van der Waals surface area contributed by atoms with E-state index in [1.807, 2.05) is 29.6 Å². The van der Waals surface area contributed by atoms with Gasteiger partial charge in [0.1, 0.15) is 0 Å². The van der Waals surface area contributed by atoms with Crippen molar-refractivity contribution in [1.82, 2.24) is 9.88 Å². The number of anilines is 2. The zero-order chi connectivity index (χ0) is 16.1. The molecule has 2 amide bonds. The Morgan fingerprint density at radius 3 is 2.86 bits per heavy atom. The van der Waals surface area contributed by atoms with Gasteiger partial charge in [0, 0.05) is 28.1 Å². The van der Waals surface area contributed by atoms with Gasteiger partial charge in [0.2, 0.25) is 0 Å². The van der Waals surface area contributed by atoms with Crippen molar-refractivity contribution in [2.45, 2.75) is 26.4 Å². The number of benzene rings is 1. The summed E-state index contributed by atoms with van der Waals surface area (Å²) in [4.78, 5) is 18.6. The Morgan fingerprint density at radius 2 is 2.18 bits per heavy atom. The molecule has 2 aromatic rings. The normalized spacial score (nSPS) is 11.0. The molecule has 7 heteroatoms. The monoisotopic (exact) mass is 382 g/mol. The lowest BCUT2D eigenvalue weighted by Gasteiger charge is -2.19. The first-order valence-electron chi connectivity index (χ1n) is 6.92. The van der Waals surface area contributed by atoms with Crippen LogP contribution in [0.4, 0.5) is 15.6 Å². The molecule has 0 aliphatic carbocycles. The highest BCUT2D eigenvalue weighted by atomic mass is 79.9. The number of urea groups is 1. The second kappa shape index (κ2) is 7.71. The summed E-state index contributed by atoms with van der Waals surface area (Å²) in [6, 6.07) is 7.60. The molecular weight excluding hydrogens is 364 g/mol. The third kappa shape index (κ3) is 5.08. The van der Waals surface area contributed by atoms with Gasteiger partial charge < -0.3 is 5.32 Å². The Kier molecular flexibility index (Phi) is 5.93. The Hall–Kier alpha value is -1.44. The highest BCUT2D eigenvalue weighted by Crippen LogP contribution is 2.19. The summed E-state index contributed by atoms with van der Waals surface area (Å²) in [7, 11) is 2.05. The summed E-state index contributed by atoms with van der Waals surface area (Å²) in [6.07, 6.45) is 0. The predicted molar refractivity (Wildman–Crippen MR) is 95.5 cm³/mol. The van der Waals surface area contributed by atoms with E-state index in [0.29, 0.717) is 11.2 Å². The van der Waals surface area contributed by atoms with Crippen molar-refractivity contribution in [3.8, 4) is 0 Å². The van der Waals surface area contributed by atoms with Crippen molar-refractivity contribution in [2.75, 3.05) is 17.7 Å². The van der Waals surface area contributed by atoms with E-state index in [1.165, 1.54) is 11.3 Å². The van der Waals surface area contributed by atoms with Gasteiger partial charge >= 0.3 is 6.03 Å². The van der Waals surface area contributed by atoms with Gasteiger partial charge in [-0.15, -0.1) is 11.3 Å². The van der Waals surface area contributed by atoms with Gasteiger partial charge in [-0.05, 0) is 39.1 Å². The second-order valence-corrected chi connectivity index (χ2v) is 7.02. The number of halogens is 1. The molecule has 2 rings (SSSR count). The molecule has 22 heavy (non-hydrogen) atoms. The largest absolute Gasteiger partial charge is 0.325 e. The molecule has 1 aromatic carbocycles. The van der Waals surface area contributed by atoms with Crippen LogP contribution in [-0.2, 0) is 6.54 Å². The van der Waals surface area contributed by atoms with Crippen molar-refractivity contribution in [3.63, 3.8) is 0 Å². The number of thiazole rings is 1. The SMILES string of the molecule is CC(C)N(C)Cc1csc(NC(=O)Nc2cccc(Br)c2)n1. The minimum atomic E-state index is -0.295. The molecule has 0 bridgehead atoms. The van der Waals surface area contributed by atoms with E-state index in [1.54, 1.807) is 0 Å². The molecule has 1 heterocycles. The minimum absolute atomic E-state index is 0.295. The van der Waals surface area contributed by atoms with Crippen LogP contribution in [-0.4, -0.2) is 29.0 Å². The molecule has 0 aliphatic rings. The molecule has 0 saturated carbocycles. The van der Waals surface area contributed by atoms with Gasteiger partial charge in [0.05, 0.1) is 5.69 Å². The van der Waals surface area contributed by atoms with E-state index in [2.05, 4.69) is 57.3 Å². The lowest BCUT2D eigenvalue weighted by molar-refractivity contribution is 0.261. The lowest BCUT2D eigenvalue weighted by atomic mass is 10.3. The maximum Gasteiger partial charge on any atom is 0.325 e. The van der Waals surface area contributed by atoms with E-state index in [0.717, 1.165) is 22.4 Å². The van der Waals surface area contributed by atoms with Crippen LogP contribution in [0.15, 0.2) is 34.1 Å². The van der Waals surface area contributed by atoms with E-state index in [4.69, 9.17) is 0 Å². The molecule has 0 aliphatic heterocycles. The number of hydrogen-bond donors (Lipinski definition) is 2. The highest BCUT2D eigenvalue weighted by Gasteiger charge is 2.10. The van der Waals surface area contributed by atoms with E-state index in [9.17, 15) is 4.79 Å². The molecule has 1 aromatic heterocycles. The number of nitrogens with one attached hydrogen (secondary N) is 2. The quantitative estimate of drug-likeness (QED) is 0.805. The molecule has 0 radical (unpaired) electrons. The summed E-state index contributed by atoms with van der Waals surface area (Å²) in [6.45, 7) is 5.04. The average Bonchev–Trinajstić information content (AvgIpc) is 2.85. The molecule has 0 atom stereocenters. The van der Waals surface area contributed by atoms with Crippen LogP contribution in [0.3, 0.4) is 0 Å². The standard InChI is InChI=1S/C15H19BrN4OS/c1-10(2)20(3)8-13-9-22-15(18-13)19-14(21)17-12-6-4-5-11(16)7-12/h4-7,9-10H,8H2,1-3H3,(H2,17,18,19,21). The van der Waals surface area contributed by atoms with Crippen LogP contribution in [0.2, 0.25) is 0 Å². The van der Waals surface area contributed by atoms with Crippen LogP contribution < -0.4 is 10.6 Å². The van der Waals surface area contributed by atoms with Gasteiger partial charge in [-0.3, -0.25) is 10.2 Å². The van der Waals surface area contributed by atoms with Crippen molar-refractivity contribution in [1.29, 1.82) is 0 Å². The number of carbonyl (C=O) groups excluding carboxylic acids is 1. The van der Waals surface area contributed by atoms with Crippen molar-refractivity contribution >= 4 is 44.1 Å². The molecule has 0 fully saturated rings. The molecule has 118 valence electrons. The molecule has 0 unspecified atom stereocenters. The second-order valence-electron chi connectivity index (χ2n) is 5.24. The number of aromatic nitrogens is 1. The summed E-state index contributed by atoms with van der Waals surface area (Å²) in [5.41, 5.74) is 1.68. The van der Waals surface area contributed by atoms with Gasteiger partial charge in [0.25, 0.3) is 0 Å². The van der Waals surface area contributed by atoms with E-state index in [-0.39, 0.29) is 6.03 Å². The molecule has 0 spiro atoms. The first kappa shape index (κ1) is 16.9. The topological polar surface area (TPSA) is 57.3 Å². The third-order valence-electron chi connectivity index (χ3n) is 3.15. The number of nitrogens with zero attached hydrogens (tertiary/aromatic N) is 2. The maximum absolute atomic E-state index is 12.0. The summed E-state index contributed by atoms with van der Waals surface area (Å²) >= 11 is 4.80. The smallest absolute Gasteiger partial charge is 0.308 e. The zero-order valence-electron chi connectivity index (χ0n) is 12.8. The van der Waals surface area contributed by atoms with Crippen LogP contribution in [0.1, 0.15) is 19.5 Å². The average molecular weight is 383 g/mol. The number of amides is 2. The van der Waals surface area contributed by atoms with E-state index < -0.39 is 0 Å². The van der Waals surface area contributed by atoms with Gasteiger partial charge in [-0.2, -0.15) is 0 Å². The zero-order valence-corrected chi connectivity index (χ0v) is 15.2. The molecule has 0 saturated heterocycles.